The monoisotopic (exact) mass is 291 g/mol. The highest BCUT2D eigenvalue weighted by Crippen LogP contribution is 2.23. The van der Waals surface area contributed by atoms with Crippen LogP contribution in [0.4, 0.5) is 0 Å². The average molecular weight is 291 g/mol. The molecule has 0 bridgehead atoms. The SMILES string of the molecule is CCc1ccc(C(C)CC(=O)N(C)C(C)(C)C(=O)O)cc1. The standard InChI is InChI=1S/C17H25NO3/c1-6-13-7-9-14(10-8-13)12(2)11-15(19)18(5)17(3,4)16(20)21/h7-10,12H,6,11H2,1-5H3,(H,20,21). The molecule has 4 heteroatoms. The zero-order valence-electron chi connectivity index (χ0n) is 13.5. The van der Waals surface area contributed by atoms with E-state index in [1.165, 1.54) is 24.3 Å². The molecule has 21 heavy (non-hydrogen) atoms. The van der Waals surface area contributed by atoms with Crippen molar-refractivity contribution in [3.8, 4) is 0 Å². The first kappa shape index (κ1) is 17.2. The number of carboxylic acids is 1. The maximum absolute atomic E-state index is 12.3. The number of nitrogens with zero attached hydrogens (tertiary/aromatic N) is 1. The Kier molecular flexibility index (Phi) is 5.53. The number of benzene rings is 1. The molecule has 0 radical (unpaired) electrons. The molecule has 0 aliphatic rings. The summed E-state index contributed by atoms with van der Waals surface area (Å²) >= 11 is 0. The summed E-state index contributed by atoms with van der Waals surface area (Å²) in [6.45, 7) is 7.16. The molecule has 0 fully saturated rings. The Morgan fingerprint density at radius 3 is 2.19 bits per heavy atom. The number of aryl methyl sites for hydroxylation is 1. The number of aliphatic carboxylic acids is 1. The van der Waals surface area contributed by atoms with Crippen molar-refractivity contribution in [1.82, 2.24) is 4.90 Å². The summed E-state index contributed by atoms with van der Waals surface area (Å²) in [7, 11) is 1.54. The molecule has 1 atom stereocenters. The number of hydrogen-bond acceptors (Lipinski definition) is 2. The normalized spacial score (nSPS) is 12.8. The molecule has 0 heterocycles. The molecule has 0 spiro atoms. The Hall–Kier alpha value is -1.84. The lowest BCUT2D eigenvalue weighted by molar-refractivity contribution is -0.155. The average Bonchev–Trinajstić information content (AvgIpc) is 2.46. The predicted molar refractivity (Wildman–Crippen MR) is 83.3 cm³/mol. The van der Waals surface area contributed by atoms with Gasteiger partial charge in [-0.3, -0.25) is 4.79 Å². The third-order valence-corrected chi connectivity index (χ3v) is 4.17. The largest absolute Gasteiger partial charge is 0.480 e. The van der Waals surface area contributed by atoms with Gasteiger partial charge in [0.25, 0.3) is 0 Å². The van der Waals surface area contributed by atoms with Gasteiger partial charge in [0.1, 0.15) is 5.54 Å². The van der Waals surface area contributed by atoms with Gasteiger partial charge >= 0.3 is 5.97 Å². The minimum atomic E-state index is -1.19. The Bertz CT molecular complexity index is 505. The smallest absolute Gasteiger partial charge is 0.329 e. The fourth-order valence-corrected chi connectivity index (χ4v) is 2.05. The van der Waals surface area contributed by atoms with E-state index in [9.17, 15) is 14.7 Å². The Balaban J connectivity index is 2.75. The van der Waals surface area contributed by atoms with Gasteiger partial charge in [0.15, 0.2) is 0 Å². The van der Waals surface area contributed by atoms with E-state index in [1.807, 2.05) is 19.1 Å². The van der Waals surface area contributed by atoms with Crippen LogP contribution in [0.5, 0.6) is 0 Å². The van der Waals surface area contributed by atoms with Crippen molar-refractivity contribution in [1.29, 1.82) is 0 Å². The maximum Gasteiger partial charge on any atom is 0.329 e. The van der Waals surface area contributed by atoms with Gasteiger partial charge in [-0.1, -0.05) is 38.1 Å². The minimum absolute atomic E-state index is 0.0652. The molecule has 0 saturated carbocycles. The van der Waals surface area contributed by atoms with Gasteiger partial charge in [0.2, 0.25) is 5.91 Å². The van der Waals surface area contributed by atoms with Gasteiger partial charge < -0.3 is 10.0 Å². The number of likely N-dealkylation sites (N-methyl/N-ethyl adjacent to an activating group) is 1. The fraction of sp³-hybridized carbons (Fsp3) is 0.529. The van der Waals surface area contributed by atoms with Crippen LogP contribution in [-0.2, 0) is 16.0 Å². The zero-order chi connectivity index (χ0) is 16.2. The van der Waals surface area contributed by atoms with Crippen LogP contribution in [0.3, 0.4) is 0 Å². The van der Waals surface area contributed by atoms with E-state index in [0.717, 1.165) is 12.0 Å². The van der Waals surface area contributed by atoms with Crippen LogP contribution in [0.1, 0.15) is 51.2 Å². The van der Waals surface area contributed by atoms with E-state index in [2.05, 4.69) is 19.1 Å². The van der Waals surface area contributed by atoms with Crippen LogP contribution >= 0.6 is 0 Å². The summed E-state index contributed by atoms with van der Waals surface area (Å²) in [4.78, 5) is 24.8. The van der Waals surface area contributed by atoms with E-state index in [0.29, 0.717) is 6.42 Å². The first-order valence-electron chi connectivity index (χ1n) is 7.29. The number of rotatable bonds is 6. The highest BCUT2D eigenvalue weighted by molar-refractivity contribution is 5.86. The summed E-state index contributed by atoms with van der Waals surface area (Å²) in [6, 6.07) is 8.22. The Morgan fingerprint density at radius 2 is 1.76 bits per heavy atom. The third kappa shape index (κ3) is 4.06. The molecular weight excluding hydrogens is 266 g/mol. The van der Waals surface area contributed by atoms with Crippen molar-refractivity contribution in [3.05, 3.63) is 35.4 Å². The lowest BCUT2D eigenvalue weighted by Gasteiger charge is -2.32. The van der Waals surface area contributed by atoms with Crippen LogP contribution in [0, 0.1) is 0 Å². The van der Waals surface area contributed by atoms with Crippen LogP contribution < -0.4 is 0 Å². The second-order valence-electron chi connectivity index (χ2n) is 6.02. The van der Waals surface area contributed by atoms with Gasteiger partial charge in [-0.15, -0.1) is 0 Å². The molecule has 1 amide bonds. The topological polar surface area (TPSA) is 57.6 Å². The number of hydrogen-bond donors (Lipinski definition) is 1. The third-order valence-electron chi connectivity index (χ3n) is 4.17. The zero-order valence-corrected chi connectivity index (χ0v) is 13.5. The summed E-state index contributed by atoms with van der Waals surface area (Å²) in [5, 5.41) is 9.18. The quantitative estimate of drug-likeness (QED) is 0.876. The molecule has 1 N–H and O–H groups in total. The van der Waals surface area contributed by atoms with Crippen LogP contribution in [-0.4, -0.2) is 34.5 Å². The molecular formula is C17H25NO3. The highest BCUT2D eigenvalue weighted by atomic mass is 16.4. The number of carboxylic acid groups (broad SMARTS) is 1. The van der Waals surface area contributed by atoms with Gasteiger partial charge in [-0.25, -0.2) is 4.79 Å². The summed E-state index contributed by atoms with van der Waals surface area (Å²) in [5.41, 5.74) is 1.17. The van der Waals surface area contributed by atoms with E-state index >= 15 is 0 Å². The molecule has 1 rings (SSSR count). The summed E-state index contributed by atoms with van der Waals surface area (Å²) < 4.78 is 0. The maximum atomic E-state index is 12.3. The van der Waals surface area contributed by atoms with Crippen molar-refractivity contribution in [3.63, 3.8) is 0 Å². The lowest BCUT2D eigenvalue weighted by atomic mass is 9.94. The number of amides is 1. The molecule has 0 aliphatic heterocycles. The summed E-state index contributed by atoms with van der Waals surface area (Å²) in [5.74, 6) is -1.09. The van der Waals surface area contributed by atoms with Crippen LogP contribution in [0.15, 0.2) is 24.3 Å². The minimum Gasteiger partial charge on any atom is -0.480 e. The predicted octanol–water partition coefficient (Wildman–Crippen LogP) is 3.06. The van der Waals surface area contributed by atoms with Crippen molar-refractivity contribution >= 4 is 11.9 Å². The van der Waals surface area contributed by atoms with Gasteiger partial charge in [0, 0.05) is 13.5 Å². The highest BCUT2D eigenvalue weighted by Gasteiger charge is 2.35. The second kappa shape index (κ2) is 6.74. The van der Waals surface area contributed by atoms with E-state index in [1.54, 1.807) is 7.05 Å². The van der Waals surface area contributed by atoms with Crippen LogP contribution in [0.2, 0.25) is 0 Å². The molecule has 0 aromatic heterocycles. The van der Waals surface area contributed by atoms with Gasteiger partial charge in [-0.05, 0) is 37.3 Å². The van der Waals surface area contributed by atoms with E-state index in [4.69, 9.17) is 0 Å². The Labute approximate surface area is 126 Å². The molecule has 4 nitrogen and oxygen atoms in total. The van der Waals surface area contributed by atoms with Gasteiger partial charge in [0.05, 0.1) is 0 Å². The number of carbonyl (C=O) groups excluding carboxylic acids is 1. The molecule has 1 aromatic rings. The second-order valence-corrected chi connectivity index (χ2v) is 6.02. The molecule has 1 unspecified atom stereocenters. The molecule has 0 aliphatic carbocycles. The lowest BCUT2D eigenvalue weighted by Crippen LogP contribution is -2.50. The van der Waals surface area contributed by atoms with Crippen molar-refractivity contribution < 1.29 is 14.7 Å². The van der Waals surface area contributed by atoms with Crippen molar-refractivity contribution in [2.75, 3.05) is 7.05 Å². The van der Waals surface area contributed by atoms with Crippen LogP contribution in [0.25, 0.3) is 0 Å². The van der Waals surface area contributed by atoms with Crippen molar-refractivity contribution in [2.24, 2.45) is 0 Å². The molecule has 116 valence electrons. The van der Waals surface area contributed by atoms with E-state index < -0.39 is 11.5 Å². The fourth-order valence-electron chi connectivity index (χ4n) is 2.05. The molecule has 0 saturated heterocycles. The number of carbonyl (C=O) groups is 2. The first-order chi connectivity index (χ1) is 9.70. The first-order valence-corrected chi connectivity index (χ1v) is 7.29. The molecule has 1 aromatic carbocycles. The summed E-state index contributed by atoms with van der Waals surface area (Å²) in [6.07, 6.45) is 1.29. The van der Waals surface area contributed by atoms with E-state index in [-0.39, 0.29) is 11.8 Å². The van der Waals surface area contributed by atoms with Gasteiger partial charge in [-0.2, -0.15) is 0 Å². The Morgan fingerprint density at radius 1 is 1.24 bits per heavy atom. The van der Waals surface area contributed by atoms with Crippen molar-refractivity contribution in [2.45, 2.75) is 52.0 Å².